The van der Waals surface area contributed by atoms with Crippen LogP contribution in [0.5, 0.6) is 0 Å². The van der Waals surface area contributed by atoms with Crippen molar-refractivity contribution in [3.05, 3.63) is 75.8 Å². The lowest BCUT2D eigenvalue weighted by Crippen LogP contribution is -2.42. The van der Waals surface area contributed by atoms with Gasteiger partial charge in [0.25, 0.3) is 5.69 Å². The largest absolute Gasteiger partial charge is 0.468 e. The molecule has 0 fully saturated rings. The molecule has 0 amide bonds. The van der Waals surface area contributed by atoms with E-state index >= 15 is 0 Å². The van der Waals surface area contributed by atoms with Crippen molar-refractivity contribution in [1.82, 2.24) is 5.32 Å². The molecule has 0 unspecified atom stereocenters. The number of rotatable bonds is 8. The normalized spacial score (nSPS) is 11.6. The fourth-order valence-corrected chi connectivity index (χ4v) is 2.31. The average Bonchev–Trinajstić information content (AvgIpc) is 2.65. The highest BCUT2D eigenvalue weighted by Crippen LogP contribution is 2.13. The van der Waals surface area contributed by atoms with Crippen molar-refractivity contribution < 1.29 is 19.2 Å². The lowest BCUT2D eigenvalue weighted by atomic mass is 10.0. The fraction of sp³-hybridized carbons (Fsp3) is 0.222. The number of non-ortho nitro benzene ring substituents is 1. The van der Waals surface area contributed by atoms with E-state index < -0.39 is 16.9 Å². The quantitative estimate of drug-likeness (QED) is 0.342. The second-order valence-electron chi connectivity index (χ2n) is 5.37. The standard InChI is InChI=1S/C18H18N2O5/c1-25-18(22)16(11-13-7-9-15(10-8-13)20(23)24)19-12-17(21)14-5-3-2-4-6-14/h2-10,16,19H,11-12H2,1H3/t16-/m0/s1. The van der Waals surface area contributed by atoms with Gasteiger partial charge in [-0.3, -0.25) is 25.0 Å². The van der Waals surface area contributed by atoms with Crippen LogP contribution in [0.1, 0.15) is 15.9 Å². The van der Waals surface area contributed by atoms with E-state index in [1.54, 1.807) is 36.4 Å². The SMILES string of the molecule is COC(=O)[C@H](Cc1ccc([N+](=O)[O-])cc1)NCC(=O)c1ccccc1. The number of nitro benzene ring substituents is 1. The number of ketones is 1. The number of benzene rings is 2. The van der Waals surface area contributed by atoms with Gasteiger partial charge in [0, 0.05) is 17.7 Å². The summed E-state index contributed by atoms with van der Waals surface area (Å²) in [5.74, 6) is -0.641. The molecule has 25 heavy (non-hydrogen) atoms. The zero-order valence-electron chi connectivity index (χ0n) is 13.7. The van der Waals surface area contributed by atoms with E-state index in [0.717, 1.165) is 5.56 Å². The van der Waals surface area contributed by atoms with Crippen LogP contribution in [0, 0.1) is 10.1 Å². The molecule has 2 rings (SSSR count). The Bertz CT molecular complexity index is 744. The molecule has 130 valence electrons. The van der Waals surface area contributed by atoms with E-state index in [2.05, 4.69) is 5.32 Å². The molecule has 2 aromatic rings. The van der Waals surface area contributed by atoms with E-state index in [1.165, 1.54) is 19.2 Å². The van der Waals surface area contributed by atoms with E-state index in [-0.39, 0.29) is 24.4 Å². The van der Waals surface area contributed by atoms with Crippen molar-refractivity contribution in [2.24, 2.45) is 0 Å². The van der Waals surface area contributed by atoms with Gasteiger partial charge in [-0.15, -0.1) is 0 Å². The summed E-state index contributed by atoms with van der Waals surface area (Å²) in [7, 11) is 1.27. The van der Waals surface area contributed by atoms with Gasteiger partial charge < -0.3 is 4.74 Å². The number of methoxy groups -OCH3 is 1. The van der Waals surface area contributed by atoms with Crippen LogP contribution >= 0.6 is 0 Å². The Balaban J connectivity index is 2.02. The summed E-state index contributed by atoms with van der Waals surface area (Å²) in [6.45, 7) is -0.0171. The number of nitrogens with one attached hydrogen (secondary N) is 1. The molecule has 0 radical (unpaired) electrons. The van der Waals surface area contributed by atoms with Crippen LogP contribution in [0.15, 0.2) is 54.6 Å². The van der Waals surface area contributed by atoms with E-state index in [4.69, 9.17) is 4.74 Å². The molecule has 7 heteroatoms. The molecule has 0 aliphatic heterocycles. The molecule has 2 aromatic carbocycles. The number of carbonyl (C=O) groups excluding carboxylic acids is 2. The molecular weight excluding hydrogens is 324 g/mol. The Morgan fingerprint density at radius 1 is 1.12 bits per heavy atom. The van der Waals surface area contributed by atoms with Crippen LogP contribution < -0.4 is 5.32 Å². The highest BCUT2D eigenvalue weighted by Gasteiger charge is 2.21. The van der Waals surface area contributed by atoms with Gasteiger partial charge in [0.1, 0.15) is 6.04 Å². The number of nitrogens with zero attached hydrogens (tertiary/aromatic N) is 1. The van der Waals surface area contributed by atoms with Crippen molar-refractivity contribution in [2.45, 2.75) is 12.5 Å². The number of carbonyl (C=O) groups is 2. The predicted molar refractivity (Wildman–Crippen MR) is 91.4 cm³/mol. The maximum absolute atomic E-state index is 12.1. The zero-order valence-corrected chi connectivity index (χ0v) is 13.7. The number of ether oxygens (including phenoxy) is 1. The van der Waals surface area contributed by atoms with Crippen molar-refractivity contribution in [3.8, 4) is 0 Å². The summed E-state index contributed by atoms with van der Waals surface area (Å²) in [4.78, 5) is 34.3. The number of esters is 1. The number of nitro groups is 1. The smallest absolute Gasteiger partial charge is 0.323 e. The maximum Gasteiger partial charge on any atom is 0.323 e. The first-order valence-corrected chi connectivity index (χ1v) is 7.64. The molecule has 7 nitrogen and oxygen atoms in total. The molecule has 0 saturated carbocycles. The van der Waals surface area contributed by atoms with Gasteiger partial charge in [-0.25, -0.2) is 0 Å². The molecule has 0 aliphatic carbocycles. The van der Waals surface area contributed by atoms with Gasteiger partial charge in [-0.1, -0.05) is 42.5 Å². The maximum atomic E-state index is 12.1. The lowest BCUT2D eigenvalue weighted by molar-refractivity contribution is -0.384. The van der Waals surface area contributed by atoms with Crippen LogP contribution in [-0.4, -0.2) is 36.4 Å². The fourth-order valence-electron chi connectivity index (χ4n) is 2.31. The van der Waals surface area contributed by atoms with E-state index in [1.807, 2.05) is 6.07 Å². The second kappa shape index (κ2) is 8.70. The molecule has 0 aromatic heterocycles. The number of Topliss-reactive ketones (excluding diaryl/α,β-unsaturated/α-hetero) is 1. The molecule has 0 heterocycles. The van der Waals surface area contributed by atoms with Gasteiger partial charge in [-0.05, 0) is 12.0 Å². The highest BCUT2D eigenvalue weighted by molar-refractivity contribution is 5.97. The van der Waals surface area contributed by atoms with Crippen LogP contribution in [-0.2, 0) is 16.0 Å². The summed E-state index contributed by atoms with van der Waals surface area (Å²) < 4.78 is 4.76. The summed E-state index contributed by atoms with van der Waals surface area (Å²) in [6.07, 6.45) is 0.257. The van der Waals surface area contributed by atoms with E-state index in [0.29, 0.717) is 5.56 Å². The molecule has 0 bridgehead atoms. The lowest BCUT2D eigenvalue weighted by Gasteiger charge is -2.16. The molecule has 1 atom stereocenters. The Morgan fingerprint density at radius 3 is 2.32 bits per heavy atom. The first kappa shape index (κ1) is 18.3. The summed E-state index contributed by atoms with van der Waals surface area (Å²) in [5, 5.41) is 13.6. The topological polar surface area (TPSA) is 98.5 Å². The third kappa shape index (κ3) is 5.22. The van der Waals surface area contributed by atoms with Gasteiger partial charge in [0.05, 0.1) is 18.6 Å². The molecular formula is C18H18N2O5. The van der Waals surface area contributed by atoms with E-state index in [9.17, 15) is 19.7 Å². The third-order valence-electron chi connectivity index (χ3n) is 3.68. The minimum absolute atomic E-state index is 0.0171. The Hall–Kier alpha value is -3.06. The van der Waals surface area contributed by atoms with Crippen LogP contribution in [0.4, 0.5) is 5.69 Å². The van der Waals surface area contributed by atoms with Crippen LogP contribution in [0.3, 0.4) is 0 Å². The average molecular weight is 342 g/mol. The second-order valence-corrected chi connectivity index (χ2v) is 5.37. The summed E-state index contributed by atoms with van der Waals surface area (Å²) >= 11 is 0. The van der Waals surface area contributed by atoms with Crippen LogP contribution in [0.25, 0.3) is 0 Å². The van der Waals surface area contributed by atoms with Crippen LogP contribution in [0.2, 0.25) is 0 Å². The molecule has 0 spiro atoms. The van der Waals surface area contributed by atoms with Gasteiger partial charge in [0.2, 0.25) is 0 Å². The number of hydrogen-bond acceptors (Lipinski definition) is 6. The summed E-state index contributed by atoms with van der Waals surface area (Å²) in [5.41, 5.74) is 1.25. The minimum Gasteiger partial charge on any atom is -0.468 e. The van der Waals surface area contributed by atoms with Crippen molar-refractivity contribution in [3.63, 3.8) is 0 Å². The Labute approximate surface area is 144 Å². The first-order chi connectivity index (χ1) is 12.0. The van der Waals surface area contributed by atoms with Gasteiger partial charge >= 0.3 is 5.97 Å². The molecule has 1 N–H and O–H groups in total. The monoisotopic (exact) mass is 342 g/mol. The zero-order chi connectivity index (χ0) is 18.2. The Kier molecular flexibility index (Phi) is 6.36. The first-order valence-electron chi connectivity index (χ1n) is 7.64. The molecule has 0 aliphatic rings. The minimum atomic E-state index is -0.723. The van der Waals surface area contributed by atoms with Gasteiger partial charge in [0.15, 0.2) is 5.78 Å². The Morgan fingerprint density at radius 2 is 1.76 bits per heavy atom. The van der Waals surface area contributed by atoms with Crippen molar-refractivity contribution in [2.75, 3.05) is 13.7 Å². The third-order valence-corrected chi connectivity index (χ3v) is 3.68. The van der Waals surface area contributed by atoms with Crippen molar-refractivity contribution >= 4 is 17.4 Å². The van der Waals surface area contributed by atoms with Crippen molar-refractivity contribution in [1.29, 1.82) is 0 Å². The summed E-state index contributed by atoms with van der Waals surface area (Å²) in [6, 6.07) is 13.9. The predicted octanol–water partition coefficient (Wildman–Crippen LogP) is 2.15. The highest BCUT2D eigenvalue weighted by atomic mass is 16.6. The molecule has 0 saturated heterocycles. The van der Waals surface area contributed by atoms with Gasteiger partial charge in [-0.2, -0.15) is 0 Å². The number of hydrogen-bond donors (Lipinski definition) is 1.